The van der Waals surface area contributed by atoms with Gasteiger partial charge in [0.1, 0.15) is 31.9 Å². The van der Waals surface area contributed by atoms with Crippen LogP contribution in [-0.4, -0.2) is 18.4 Å². The van der Waals surface area contributed by atoms with E-state index in [-0.39, 0.29) is 5.69 Å². The SMILES string of the molecule is Cc1c(NS(=O)(=O)c2cc(F)ccc2F)cccc1-c1nc2cc(-c3cccs3)cnc2s1. The molecule has 0 saturated carbocycles. The van der Waals surface area contributed by atoms with Gasteiger partial charge in [-0.05, 0) is 54.3 Å². The molecule has 0 unspecified atom stereocenters. The fourth-order valence-corrected chi connectivity index (χ4v) is 6.27. The Labute approximate surface area is 196 Å². The number of nitrogens with one attached hydrogen (secondary N) is 1. The minimum absolute atomic E-state index is 0.252. The van der Waals surface area contributed by atoms with Gasteiger partial charge in [0.15, 0.2) is 0 Å². The maximum Gasteiger partial charge on any atom is 0.264 e. The number of fused-ring (bicyclic) bond motifs is 1. The first-order chi connectivity index (χ1) is 15.8. The summed E-state index contributed by atoms with van der Waals surface area (Å²) >= 11 is 3.01. The number of hydrogen-bond acceptors (Lipinski definition) is 6. The third-order valence-electron chi connectivity index (χ3n) is 5.04. The van der Waals surface area contributed by atoms with E-state index in [0.717, 1.165) is 38.5 Å². The van der Waals surface area contributed by atoms with Crippen LogP contribution in [0.1, 0.15) is 5.56 Å². The fourth-order valence-electron chi connectivity index (χ4n) is 3.38. The molecule has 5 rings (SSSR count). The van der Waals surface area contributed by atoms with Crippen LogP contribution in [0.2, 0.25) is 0 Å². The Bertz CT molecular complexity index is 1600. The van der Waals surface area contributed by atoms with Crippen LogP contribution in [0.25, 0.3) is 31.4 Å². The van der Waals surface area contributed by atoms with Crippen LogP contribution in [0, 0.1) is 18.6 Å². The van der Waals surface area contributed by atoms with Crippen molar-refractivity contribution in [1.82, 2.24) is 9.97 Å². The van der Waals surface area contributed by atoms with Crippen molar-refractivity contribution < 1.29 is 17.2 Å². The molecular formula is C23H15F2N3O2S3. The molecule has 1 N–H and O–H groups in total. The Hall–Kier alpha value is -3.21. The molecule has 0 aliphatic rings. The fraction of sp³-hybridized carbons (Fsp3) is 0.0435. The first-order valence-corrected chi connectivity index (χ1v) is 12.9. The van der Waals surface area contributed by atoms with Crippen molar-refractivity contribution in [3.63, 3.8) is 0 Å². The second kappa shape index (κ2) is 8.29. The lowest BCUT2D eigenvalue weighted by molar-refractivity contribution is 0.555. The summed E-state index contributed by atoms with van der Waals surface area (Å²) in [4.78, 5) is 10.3. The van der Waals surface area contributed by atoms with Crippen molar-refractivity contribution in [2.45, 2.75) is 11.8 Å². The number of thiazole rings is 1. The predicted octanol–water partition coefficient (Wildman–Crippen LogP) is 6.47. The van der Waals surface area contributed by atoms with E-state index in [0.29, 0.717) is 16.6 Å². The van der Waals surface area contributed by atoms with E-state index in [4.69, 9.17) is 4.98 Å². The quantitative estimate of drug-likeness (QED) is 0.301. The van der Waals surface area contributed by atoms with E-state index in [9.17, 15) is 17.2 Å². The molecule has 3 aromatic heterocycles. The summed E-state index contributed by atoms with van der Waals surface area (Å²) in [6.07, 6.45) is 1.81. The summed E-state index contributed by atoms with van der Waals surface area (Å²) < 4.78 is 55.4. The van der Waals surface area contributed by atoms with Crippen LogP contribution in [0.5, 0.6) is 0 Å². The van der Waals surface area contributed by atoms with Gasteiger partial charge in [-0.25, -0.2) is 27.2 Å². The lowest BCUT2D eigenvalue weighted by Crippen LogP contribution is -2.15. The number of benzene rings is 2. The highest BCUT2D eigenvalue weighted by Gasteiger charge is 2.22. The second-order valence-corrected chi connectivity index (χ2v) is 10.8. The van der Waals surface area contributed by atoms with Gasteiger partial charge in [0, 0.05) is 22.2 Å². The molecule has 0 fully saturated rings. The Kier molecular flexibility index (Phi) is 5.43. The van der Waals surface area contributed by atoms with Crippen molar-refractivity contribution in [3.8, 4) is 21.0 Å². The lowest BCUT2D eigenvalue weighted by atomic mass is 10.1. The van der Waals surface area contributed by atoms with E-state index in [2.05, 4.69) is 9.71 Å². The molecule has 0 atom stereocenters. The number of sulfonamides is 1. The van der Waals surface area contributed by atoms with Crippen LogP contribution in [0.15, 0.2) is 71.1 Å². The van der Waals surface area contributed by atoms with Crippen molar-refractivity contribution in [2.24, 2.45) is 0 Å². The van der Waals surface area contributed by atoms with Crippen molar-refractivity contribution in [3.05, 3.63) is 83.4 Å². The summed E-state index contributed by atoms with van der Waals surface area (Å²) in [5.74, 6) is -1.87. The van der Waals surface area contributed by atoms with Gasteiger partial charge in [-0.15, -0.1) is 11.3 Å². The highest BCUT2D eigenvalue weighted by Crippen LogP contribution is 2.36. The van der Waals surface area contributed by atoms with Crippen molar-refractivity contribution in [1.29, 1.82) is 0 Å². The summed E-state index contributed by atoms with van der Waals surface area (Å²) in [7, 11) is -4.34. The van der Waals surface area contributed by atoms with Gasteiger partial charge in [0.2, 0.25) is 0 Å². The Morgan fingerprint density at radius 3 is 2.67 bits per heavy atom. The average molecular weight is 500 g/mol. The van der Waals surface area contributed by atoms with Gasteiger partial charge in [0.25, 0.3) is 10.0 Å². The Morgan fingerprint density at radius 2 is 1.88 bits per heavy atom. The Morgan fingerprint density at radius 1 is 1.03 bits per heavy atom. The number of anilines is 1. The molecule has 166 valence electrons. The molecule has 5 aromatic rings. The van der Waals surface area contributed by atoms with Gasteiger partial charge in [-0.1, -0.05) is 29.5 Å². The van der Waals surface area contributed by atoms with Gasteiger partial charge < -0.3 is 0 Å². The highest BCUT2D eigenvalue weighted by molar-refractivity contribution is 7.92. The van der Waals surface area contributed by atoms with Crippen LogP contribution in [0.3, 0.4) is 0 Å². The minimum atomic E-state index is -4.34. The Balaban J connectivity index is 1.52. The maximum atomic E-state index is 14.1. The average Bonchev–Trinajstić information content (AvgIpc) is 3.46. The zero-order chi connectivity index (χ0) is 23.2. The number of rotatable bonds is 5. The molecule has 2 aromatic carbocycles. The summed E-state index contributed by atoms with van der Waals surface area (Å²) in [6, 6.07) is 13.3. The number of hydrogen-bond donors (Lipinski definition) is 1. The largest absolute Gasteiger partial charge is 0.279 e. The monoisotopic (exact) mass is 499 g/mol. The first-order valence-electron chi connectivity index (χ1n) is 9.70. The molecule has 0 saturated heterocycles. The number of nitrogens with zero attached hydrogens (tertiary/aromatic N) is 2. The van der Waals surface area contributed by atoms with Gasteiger partial charge in [0.05, 0.1) is 5.69 Å². The molecule has 0 radical (unpaired) electrons. The predicted molar refractivity (Wildman–Crippen MR) is 128 cm³/mol. The zero-order valence-corrected chi connectivity index (χ0v) is 19.5. The van der Waals surface area contributed by atoms with E-state index in [1.54, 1.807) is 36.6 Å². The molecule has 0 aliphatic heterocycles. The van der Waals surface area contributed by atoms with E-state index in [1.807, 2.05) is 29.6 Å². The molecule has 0 amide bonds. The third-order valence-corrected chi connectivity index (χ3v) is 8.36. The summed E-state index contributed by atoms with van der Waals surface area (Å²) in [5, 5.41) is 2.67. The van der Waals surface area contributed by atoms with E-state index in [1.165, 1.54) is 11.3 Å². The molecule has 3 heterocycles. The van der Waals surface area contributed by atoms with Crippen LogP contribution < -0.4 is 4.72 Å². The van der Waals surface area contributed by atoms with Crippen LogP contribution >= 0.6 is 22.7 Å². The van der Waals surface area contributed by atoms with Gasteiger partial charge in [-0.2, -0.15) is 0 Å². The van der Waals surface area contributed by atoms with Crippen molar-refractivity contribution in [2.75, 3.05) is 4.72 Å². The zero-order valence-electron chi connectivity index (χ0n) is 17.0. The minimum Gasteiger partial charge on any atom is -0.279 e. The molecule has 0 spiro atoms. The van der Waals surface area contributed by atoms with Crippen LogP contribution in [-0.2, 0) is 10.0 Å². The molecule has 5 nitrogen and oxygen atoms in total. The first kappa shape index (κ1) is 21.6. The standard InChI is InChI=1S/C23H15F2N3O2S3/c1-13-16(22-27-19-10-14(12-26-23(19)32-22)20-6-3-9-31-20)4-2-5-18(13)28-33(29,30)21-11-15(24)7-8-17(21)25/h2-12,28H,1H3. The number of aromatic nitrogens is 2. The number of pyridine rings is 1. The summed E-state index contributed by atoms with van der Waals surface area (Å²) in [6.45, 7) is 1.74. The third kappa shape index (κ3) is 4.12. The van der Waals surface area contributed by atoms with Gasteiger partial charge in [-0.3, -0.25) is 4.72 Å². The van der Waals surface area contributed by atoms with Crippen molar-refractivity contribution >= 4 is 48.7 Å². The molecular weight excluding hydrogens is 484 g/mol. The molecule has 0 aliphatic carbocycles. The maximum absolute atomic E-state index is 14.1. The highest BCUT2D eigenvalue weighted by atomic mass is 32.2. The second-order valence-electron chi connectivity index (χ2n) is 7.20. The lowest BCUT2D eigenvalue weighted by Gasteiger charge is -2.13. The normalized spacial score (nSPS) is 11.7. The molecule has 33 heavy (non-hydrogen) atoms. The van der Waals surface area contributed by atoms with Crippen LogP contribution in [0.4, 0.5) is 14.5 Å². The van der Waals surface area contributed by atoms with E-state index >= 15 is 0 Å². The smallest absolute Gasteiger partial charge is 0.264 e. The van der Waals surface area contributed by atoms with E-state index < -0.39 is 26.6 Å². The number of thiophene rings is 1. The number of halogens is 2. The van der Waals surface area contributed by atoms with Gasteiger partial charge >= 0.3 is 0 Å². The summed E-state index contributed by atoms with van der Waals surface area (Å²) in [5.41, 5.74) is 3.30. The topological polar surface area (TPSA) is 72.0 Å². The molecule has 0 bridgehead atoms. The molecule has 10 heteroatoms.